The van der Waals surface area contributed by atoms with Crippen LogP contribution in [0.2, 0.25) is 0 Å². The minimum atomic E-state index is -0.105. The predicted molar refractivity (Wildman–Crippen MR) is 105 cm³/mol. The summed E-state index contributed by atoms with van der Waals surface area (Å²) in [6.07, 6.45) is 5.05. The van der Waals surface area contributed by atoms with E-state index in [1.807, 2.05) is 30.9 Å². The van der Waals surface area contributed by atoms with Crippen molar-refractivity contribution >= 4 is 29.3 Å². The SMILES string of the molecule is CCCC(C)(C)Sc1ccc(NC(=O)N(C)C2CCC(=O)CC2)cc1. The summed E-state index contributed by atoms with van der Waals surface area (Å²) < 4.78 is 0.220. The fraction of sp³-hybridized carbons (Fsp3) is 0.600. The number of Topliss-reactive ketones (excluding diaryl/α,β-unsaturated/α-hetero) is 1. The zero-order valence-electron chi connectivity index (χ0n) is 15.8. The molecule has 0 atom stereocenters. The van der Waals surface area contributed by atoms with E-state index in [4.69, 9.17) is 0 Å². The van der Waals surface area contributed by atoms with E-state index in [2.05, 4.69) is 38.2 Å². The second-order valence-electron chi connectivity index (χ2n) is 7.45. The van der Waals surface area contributed by atoms with Crippen molar-refractivity contribution < 1.29 is 9.59 Å². The molecule has 2 rings (SSSR count). The van der Waals surface area contributed by atoms with Gasteiger partial charge in [-0.3, -0.25) is 4.79 Å². The molecule has 0 aliphatic heterocycles. The maximum absolute atomic E-state index is 12.4. The van der Waals surface area contributed by atoms with Gasteiger partial charge in [-0.2, -0.15) is 0 Å². The van der Waals surface area contributed by atoms with E-state index in [9.17, 15) is 9.59 Å². The molecular weight excluding hydrogens is 332 g/mol. The number of nitrogens with one attached hydrogen (secondary N) is 1. The summed E-state index contributed by atoms with van der Waals surface area (Å²) >= 11 is 1.87. The molecule has 1 aromatic rings. The number of ketones is 1. The van der Waals surface area contributed by atoms with Gasteiger partial charge in [0.05, 0.1) is 0 Å². The Morgan fingerprint density at radius 2 is 1.84 bits per heavy atom. The average Bonchev–Trinajstić information content (AvgIpc) is 2.56. The lowest BCUT2D eigenvalue weighted by atomic mass is 9.93. The number of rotatable bonds is 6. The molecule has 1 aliphatic carbocycles. The maximum atomic E-state index is 12.4. The van der Waals surface area contributed by atoms with Crippen molar-refractivity contribution in [2.45, 2.75) is 75.0 Å². The molecule has 2 amide bonds. The molecule has 1 fully saturated rings. The minimum absolute atomic E-state index is 0.105. The van der Waals surface area contributed by atoms with Crippen LogP contribution in [0.15, 0.2) is 29.2 Å². The summed E-state index contributed by atoms with van der Waals surface area (Å²) in [4.78, 5) is 26.7. The van der Waals surface area contributed by atoms with Crippen LogP contribution in [-0.2, 0) is 4.79 Å². The number of anilines is 1. The Balaban J connectivity index is 1.89. The van der Waals surface area contributed by atoms with E-state index in [1.54, 1.807) is 4.90 Å². The van der Waals surface area contributed by atoms with Crippen molar-refractivity contribution in [2.75, 3.05) is 12.4 Å². The summed E-state index contributed by atoms with van der Waals surface area (Å²) in [5.74, 6) is 0.309. The first-order chi connectivity index (χ1) is 11.8. The van der Waals surface area contributed by atoms with Crippen LogP contribution in [0.25, 0.3) is 0 Å². The highest BCUT2D eigenvalue weighted by molar-refractivity contribution is 8.00. The van der Waals surface area contributed by atoms with Gasteiger partial charge in [0.25, 0.3) is 0 Å². The Labute approximate surface area is 155 Å². The molecule has 0 radical (unpaired) electrons. The third-order valence-electron chi connectivity index (χ3n) is 4.73. The van der Waals surface area contributed by atoms with Gasteiger partial charge in [0.1, 0.15) is 5.78 Å². The van der Waals surface area contributed by atoms with E-state index >= 15 is 0 Å². The molecule has 0 aromatic heterocycles. The van der Waals surface area contributed by atoms with Crippen molar-refractivity contribution in [1.82, 2.24) is 4.90 Å². The number of urea groups is 1. The molecule has 5 heteroatoms. The zero-order valence-corrected chi connectivity index (χ0v) is 16.6. The number of carbonyl (C=O) groups is 2. The van der Waals surface area contributed by atoms with Gasteiger partial charge in [-0.15, -0.1) is 11.8 Å². The quantitative estimate of drug-likeness (QED) is 0.696. The zero-order chi connectivity index (χ0) is 18.4. The number of hydrogen-bond acceptors (Lipinski definition) is 3. The van der Waals surface area contributed by atoms with Crippen LogP contribution < -0.4 is 5.32 Å². The van der Waals surface area contributed by atoms with Crippen LogP contribution in [0.4, 0.5) is 10.5 Å². The second-order valence-corrected chi connectivity index (χ2v) is 9.23. The summed E-state index contributed by atoms with van der Waals surface area (Å²) in [5, 5.41) is 2.96. The summed E-state index contributed by atoms with van der Waals surface area (Å²) in [6, 6.07) is 8.10. The number of thioether (sulfide) groups is 1. The molecule has 4 nitrogen and oxygen atoms in total. The fourth-order valence-corrected chi connectivity index (χ4v) is 4.48. The monoisotopic (exact) mass is 362 g/mol. The first kappa shape index (κ1) is 19.8. The molecule has 138 valence electrons. The van der Waals surface area contributed by atoms with Crippen molar-refractivity contribution in [2.24, 2.45) is 0 Å². The number of carbonyl (C=O) groups excluding carboxylic acids is 2. The Bertz CT molecular complexity index is 588. The highest BCUT2D eigenvalue weighted by atomic mass is 32.2. The predicted octanol–water partition coefficient (Wildman–Crippen LogP) is 5.33. The van der Waals surface area contributed by atoms with Crippen LogP contribution in [0.1, 0.15) is 59.3 Å². The lowest BCUT2D eigenvalue weighted by molar-refractivity contribution is -0.121. The van der Waals surface area contributed by atoms with Crippen LogP contribution in [0, 0.1) is 0 Å². The fourth-order valence-electron chi connectivity index (χ4n) is 3.27. The Hall–Kier alpha value is -1.49. The first-order valence-corrected chi connectivity index (χ1v) is 9.97. The normalized spacial score (nSPS) is 15.9. The lowest BCUT2D eigenvalue weighted by Gasteiger charge is -2.30. The van der Waals surface area contributed by atoms with Crippen molar-refractivity contribution in [1.29, 1.82) is 0 Å². The van der Waals surface area contributed by atoms with E-state index < -0.39 is 0 Å². The lowest BCUT2D eigenvalue weighted by Crippen LogP contribution is -2.41. The second kappa shape index (κ2) is 8.75. The average molecular weight is 363 g/mol. The van der Waals surface area contributed by atoms with Gasteiger partial charge < -0.3 is 10.2 Å². The molecular formula is C20H30N2O2S. The van der Waals surface area contributed by atoms with E-state index in [-0.39, 0.29) is 16.8 Å². The standard InChI is InChI=1S/C20H30N2O2S/c1-5-14-20(2,3)25-18-12-6-15(7-13-18)21-19(24)22(4)16-8-10-17(23)11-9-16/h6-7,12-13,16H,5,8-11,14H2,1-4H3,(H,21,24). The third kappa shape index (κ3) is 6.07. The van der Waals surface area contributed by atoms with Crippen LogP contribution in [-0.4, -0.2) is 34.6 Å². The minimum Gasteiger partial charge on any atom is -0.325 e. The highest BCUT2D eigenvalue weighted by Crippen LogP contribution is 2.36. The molecule has 0 spiro atoms. The maximum Gasteiger partial charge on any atom is 0.321 e. The molecule has 0 bridgehead atoms. The highest BCUT2D eigenvalue weighted by Gasteiger charge is 2.25. The third-order valence-corrected chi connectivity index (χ3v) is 6.00. The molecule has 1 N–H and O–H groups in total. The number of benzene rings is 1. The number of hydrogen-bond donors (Lipinski definition) is 1. The molecule has 1 aliphatic rings. The van der Waals surface area contributed by atoms with Crippen LogP contribution >= 0.6 is 11.8 Å². The van der Waals surface area contributed by atoms with Gasteiger partial charge in [0.15, 0.2) is 0 Å². The summed E-state index contributed by atoms with van der Waals surface area (Å²) in [6.45, 7) is 6.74. The van der Waals surface area contributed by atoms with Crippen molar-refractivity contribution in [3.63, 3.8) is 0 Å². The molecule has 0 saturated heterocycles. The molecule has 0 heterocycles. The Morgan fingerprint density at radius 3 is 2.40 bits per heavy atom. The Kier molecular flexibility index (Phi) is 6.94. The van der Waals surface area contributed by atoms with Crippen molar-refractivity contribution in [3.8, 4) is 0 Å². The van der Waals surface area contributed by atoms with Gasteiger partial charge in [0.2, 0.25) is 0 Å². The molecule has 1 aromatic carbocycles. The van der Waals surface area contributed by atoms with Crippen LogP contribution in [0.5, 0.6) is 0 Å². The number of nitrogens with zero attached hydrogens (tertiary/aromatic N) is 1. The molecule has 0 unspecified atom stereocenters. The van der Waals surface area contributed by atoms with Crippen molar-refractivity contribution in [3.05, 3.63) is 24.3 Å². The van der Waals surface area contributed by atoms with Gasteiger partial charge >= 0.3 is 6.03 Å². The smallest absolute Gasteiger partial charge is 0.321 e. The van der Waals surface area contributed by atoms with Gasteiger partial charge in [0, 0.05) is 41.3 Å². The molecule has 1 saturated carbocycles. The van der Waals surface area contributed by atoms with Gasteiger partial charge in [-0.1, -0.05) is 27.2 Å². The van der Waals surface area contributed by atoms with Gasteiger partial charge in [-0.25, -0.2) is 4.79 Å². The summed E-state index contributed by atoms with van der Waals surface area (Å²) in [5.41, 5.74) is 0.807. The Morgan fingerprint density at radius 1 is 1.24 bits per heavy atom. The van der Waals surface area contributed by atoms with E-state index in [1.165, 1.54) is 17.7 Å². The van der Waals surface area contributed by atoms with E-state index in [0.717, 1.165) is 18.5 Å². The van der Waals surface area contributed by atoms with Crippen LogP contribution in [0.3, 0.4) is 0 Å². The van der Waals surface area contributed by atoms with Gasteiger partial charge in [-0.05, 0) is 43.5 Å². The summed E-state index contributed by atoms with van der Waals surface area (Å²) in [7, 11) is 1.81. The molecule has 25 heavy (non-hydrogen) atoms. The first-order valence-electron chi connectivity index (χ1n) is 9.15. The van der Waals surface area contributed by atoms with E-state index in [0.29, 0.717) is 18.6 Å². The largest absolute Gasteiger partial charge is 0.325 e. The number of amides is 2. The topological polar surface area (TPSA) is 49.4 Å².